The smallest absolute Gasteiger partial charge is 0.305 e. The zero-order chi connectivity index (χ0) is 11.3. The van der Waals surface area contributed by atoms with Gasteiger partial charge in [-0.25, -0.2) is 0 Å². The maximum absolute atomic E-state index is 10.8. The standard InChI is InChI=1S/C10H21N3O2/c1-11-4-3-5-13(2)10(6-9(14)15)7-12-8-10/h11-12H,3-8H2,1-2H3,(H,14,15). The maximum atomic E-state index is 10.8. The van der Waals surface area contributed by atoms with Crippen molar-refractivity contribution in [2.45, 2.75) is 18.4 Å². The molecule has 5 nitrogen and oxygen atoms in total. The van der Waals surface area contributed by atoms with Crippen molar-refractivity contribution in [3.8, 4) is 0 Å². The Labute approximate surface area is 90.8 Å². The fraction of sp³-hybridized carbons (Fsp3) is 0.900. The van der Waals surface area contributed by atoms with E-state index in [2.05, 4.69) is 15.5 Å². The van der Waals surface area contributed by atoms with Gasteiger partial charge in [0.25, 0.3) is 0 Å². The first kappa shape index (κ1) is 12.4. The lowest BCUT2D eigenvalue weighted by Gasteiger charge is -2.48. The lowest BCUT2D eigenvalue weighted by molar-refractivity contribution is -0.141. The largest absolute Gasteiger partial charge is 0.481 e. The van der Waals surface area contributed by atoms with Crippen LogP contribution in [0.3, 0.4) is 0 Å². The molecule has 1 aliphatic rings. The predicted molar refractivity (Wildman–Crippen MR) is 59.0 cm³/mol. The quantitative estimate of drug-likeness (QED) is 0.492. The molecule has 3 N–H and O–H groups in total. The van der Waals surface area contributed by atoms with E-state index in [0.29, 0.717) is 0 Å². The number of carboxylic acid groups (broad SMARTS) is 1. The van der Waals surface area contributed by atoms with Gasteiger partial charge in [-0.1, -0.05) is 0 Å². The lowest BCUT2D eigenvalue weighted by Crippen LogP contribution is -2.68. The van der Waals surface area contributed by atoms with Crippen molar-refractivity contribution in [2.24, 2.45) is 0 Å². The van der Waals surface area contributed by atoms with Gasteiger partial charge in [0.2, 0.25) is 0 Å². The van der Waals surface area contributed by atoms with Crippen LogP contribution in [0.5, 0.6) is 0 Å². The van der Waals surface area contributed by atoms with E-state index < -0.39 is 5.97 Å². The van der Waals surface area contributed by atoms with Crippen LogP contribution in [-0.2, 0) is 4.79 Å². The summed E-state index contributed by atoms with van der Waals surface area (Å²) in [4.78, 5) is 13.0. The van der Waals surface area contributed by atoms with E-state index in [1.165, 1.54) is 0 Å². The highest BCUT2D eigenvalue weighted by atomic mass is 16.4. The molecule has 0 atom stereocenters. The molecule has 0 saturated carbocycles. The lowest BCUT2D eigenvalue weighted by atomic mass is 9.86. The van der Waals surface area contributed by atoms with E-state index in [1.54, 1.807) is 0 Å². The normalized spacial score (nSPS) is 18.9. The molecule has 0 spiro atoms. The molecule has 0 aliphatic carbocycles. The highest BCUT2D eigenvalue weighted by Gasteiger charge is 2.42. The van der Waals surface area contributed by atoms with Crippen LogP contribution in [-0.4, -0.2) is 61.8 Å². The van der Waals surface area contributed by atoms with E-state index >= 15 is 0 Å². The summed E-state index contributed by atoms with van der Waals surface area (Å²) in [6, 6.07) is 0. The first-order valence-electron chi connectivity index (χ1n) is 5.39. The molecule has 0 radical (unpaired) electrons. The summed E-state index contributed by atoms with van der Waals surface area (Å²) in [6.07, 6.45) is 1.28. The molecular weight excluding hydrogens is 194 g/mol. The number of aliphatic carboxylic acids is 1. The highest BCUT2D eigenvalue weighted by molar-refractivity contribution is 5.68. The topological polar surface area (TPSA) is 64.6 Å². The Kier molecular flexibility index (Phi) is 4.50. The van der Waals surface area contributed by atoms with Crippen LogP contribution in [0.2, 0.25) is 0 Å². The number of rotatable bonds is 7. The van der Waals surface area contributed by atoms with Crippen LogP contribution in [0.15, 0.2) is 0 Å². The van der Waals surface area contributed by atoms with E-state index in [0.717, 1.165) is 32.6 Å². The molecule has 5 heteroatoms. The van der Waals surface area contributed by atoms with E-state index in [4.69, 9.17) is 5.11 Å². The molecule has 1 fully saturated rings. The molecule has 0 amide bonds. The zero-order valence-corrected chi connectivity index (χ0v) is 9.55. The number of nitrogens with zero attached hydrogens (tertiary/aromatic N) is 1. The van der Waals surface area contributed by atoms with Gasteiger partial charge < -0.3 is 15.7 Å². The summed E-state index contributed by atoms with van der Waals surface area (Å²) in [5.41, 5.74) is -0.153. The molecular formula is C10H21N3O2. The van der Waals surface area contributed by atoms with Gasteiger partial charge in [-0.3, -0.25) is 9.69 Å². The van der Waals surface area contributed by atoms with Crippen molar-refractivity contribution in [3.05, 3.63) is 0 Å². The van der Waals surface area contributed by atoms with Crippen molar-refractivity contribution < 1.29 is 9.90 Å². The third-order valence-corrected chi connectivity index (χ3v) is 3.12. The number of nitrogens with one attached hydrogen (secondary N) is 2. The third kappa shape index (κ3) is 3.15. The molecule has 15 heavy (non-hydrogen) atoms. The average Bonchev–Trinajstić information content (AvgIpc) is 2.11. The molecule has 0 unspecified atom stereocenters. The minimum absolute atomic E-state index is 0.153. The van der Waals surface area contributed by atoms with E-state index in [9.17, 15) is 4.79 Å². The van der Waals surface area contributed by atoms with Gasteiger partial charge in [0, 0.05) is 13.1 Å². The number of hydrogen-bond acceptors (Lipinski definition) is 4. The molecule has 1 aliphatic heterocycles. The summed E-state index contributed by atoms with van der Waals surface area (Å²) >= 11 is 0. The highest BCUT2D eigenvalue weighted by Crippen LogP contribution is 2.23. The van der Waals surface area contributed by atoms with Gasteiger partial charge in [-0.2, -0.15) is 0 Å². The van der Waals surface area contributed by atoms with E-state index in [1.807, 2.05) is 14.1 Å². The summed E-state index contributed by atoms with van der Waals surface area (Å²) in [5.74, 6) is -0.711. The molecule has 0 aromatic heterocycles. The van der Waals surface area contributed by atoms with Crippen molar-refractivity contribution in [3.63, 3.8) is 0 Å². The Morgan fingerprint density at radius 2 is 2.27 bits per heavy atom. The van der Waals surface area contributed by atoms with Gasteiger partial charge in [-0.15, -0.1) is 0 Å². The van der Waals surface area contributed by atoms with Crippen LogP contribution in [0.4, 0.5) is 0 Å². The SMILES string of the molecule is CNCCCN(C)C1(CC(=O)O)CNC1. The fourth-order valence-electron chi connectivity index (χ4n) is 1.96. The van der Waals surface area contributed by atoms with E-state index in [-0.39, 0.29) is 12.0 Å². The minimum Gasteiger partial charge on any atom is -0.481 e. The summed E-state index contributed by atoms with van der Waals surface area (Å²) in [6.45, 7) is 3.49. The zero-order valence-electron chi connectivity index (χ0n) is 9.55. The van der Waals surface area contributed by atoms with Crippen LogP contribution in [0.1, 0.15) is 12.8 Å². The molecule has 0 aromatic rings. The van der Waals surface area contributed by atoms with Crippen molar-refractivity contribution in [2.75, 3.05) is 40.3 Å². The Bertz CT molecular complexity index is 217. The second-order valence-corrected chi connectivity index (χ2v) is 4.28. The second-order valence-electron chi connectivity index (χ2n) is 4.28. The Morgan fingerprint density at radius 3 is 2.67 bits per heavy atom. The first-order valence-corrected chi connectivity index (χ1v) is 5.39. The summed E-state index contributed by atoms with van der Waals surface area (Å²) in [5, 5.41) is 15.1. The Morgan fingerprint density at radius 1 is 1.60 bits per heavy atom. The summed E-state index contributed by atoms with van der Waals surface area (Å²) < 4.78 is 0. The number of carbonyl (C=O) groups is 1. The maximum Gasteiger partial charge on any atom is 0.305 e. The molecule has 0 aromatic carbocycles. The number of carboxylic acids is 1. The van der Waals surface area contributed by atoms with Gasteiger partial charge in [-0.05, 0) is 33.6 Å². The van der Waals surface area contributed by atoms with Gasteiger partial charge in [0.05, 0.1) is 12.0 Å². The molecule has 0 bridgehead atoms. The molecule has 1 heterocycles. The Hall–Kier alpha value is -0.650. The van der Waals surface area contributed by atoms with Crippen LogP contribution in [0, 0.1) is 0 Å². The molecule has 88 valence electrons. The van der Waals surface area contributed by atoms with Gasteiger partial charge in [0.1, 0.15) is 0 Å². The predicted octanol–water partition coefficient (Wildman–Crippen LogP) is -0.656. The second kappa shape index (κ2) is 5.44. The average molecular weight is 215 g/mol. The molecule has 1 saturated heterocycles. The van der Waals surface area contributed by atoms with Crippen molar-refractivity contribution >= 4 is 5.97 Å². The third-order valence-electron chi connectivity index (χ3n) is 3.12. The van der Waals surface area contributed by atoms with Crippen LogP contribution in [0.25, 0.3) is 0 Å². The fourth-order valence-corrected chi connectivity index (χ4v) is 1.96. The van der Waals surface area contributed by atoms with Gasteiger partial charge >= 0.3 is 5.97 Å². The summed E-state index contributed by atoms with van der Waals surface area (Å²) in [7, 11) is 3.94. The minimum atomic E-state index is -0.711. The monoisotopic (exact) mass is 215 g/mol. The number of likely N-dealkylation sites (N-methyl/N-ethyl adjacent to an activating group) is 1. The van der Waals surface area contributed by atoms with Crippen LogP contribution >= 0.6 is 0 Å². The van der Waals surface area contributed by atoms with Crippen molar-refractivity contribution in [1.29, 1.82) is 0 Å². The van der Waals surface area contributed by atoms with Gasteiger partial charge in [0.15, 0.2) is 0 Å². The Balaban J connectivity index is 2.39. The van der Waals surface area contributed by atoms with Crippen molar-refractivity contribution in [1.82, 2.24) is 15.5 Å². The molecule has 1 rings (SSSR count). The van der Waals surface area contributed by atoms with Crippen LogP contribution < -0.4 is 10.6 Å². The first-order chi connectivity index (χ1) is 7.10. The number of hydrogen-bond donors (Lipinski definition) is 3.